The van der Waals surface area contributed by atoms with Gasteiger partial charge in [0.05, 0.1) is 12.5 Å². The third-order valence-corrected chi connectivity index (χ3v) is 3.85. The second-order valence-corrected chi connectivity index (χ2v) is 5.31. The van der Waals surface area contributed by atoms with Gasteiger partial charge in [-0.3, -0.25) is 4.79 Å². The van der Waals surface area contributed by atoms with Gasteiger partial charge in [0.25, 0.3) is 0 Å². The van der Waals surface area contributed by atoms with E-state index >= 15 is 0 Å². The highest BCUT2D eigenvalue weighted by atomic mass is 35.5. The molecule has 2 rings (SSSR count). The molecule has 2 fully saturated rings. The summed E-state index contributed by atoms with van der Waals surface area (Å²) in [6.45, 7) is 4.79. The summed E-state index contributed by atoms with van der Waals surface area (Å²) in [5.74, 6) is -0.724. The first-order valence-electron chi connectivity index (χ1n) is 7.03. The smallest absolute Gasteiger partial charge is 0.304 e. The van der Waals surface area contributed by atoms with Crippen molar-refractivity contribution < 1.29 is 14.6 Å². The van der Waals surface area contributed by atoms with E-state index in [1.807, 2.05) is 0 Å². The van der Waals surface area contributed by atoms with Crippen molar-refractivity contribution in [1.29, 1.82) is 0 Å². The SMILES string of the molecule is Cl.O=C(O)CCNC1CCN(CC2CCCO2)CC1. The minimum atomic E-state index is -0.724. The fourth-order valence-corrected chi connectivity index (χ4v) is 2.78. The van der Waals surface area contributed by atoms with Crippen LogP contribution < -0.4 is 5.32 Å². The van der Waals surface area contributed by atoms with Crippen molar-refractivity contribution in [3.05, 3.63) is 0 Å². The Labute approximate surface area is 121 Å². The zero-order valence-electron chi connectivity index (χ0n) is 11.3. The van der Waals surface area contributed by atoms with Crippen molar-refractivity contribution in [2.24, 2.45) is 0 Å². The van der Waals surface area contributed by atoms with E-state index in [9.17, 15) is 4.79 Å². The average molecular weight is 293 g/mol. The molecule has 2 aliphatic heterocycles. The van der Waals surface area contributed by atoms with Crippen LogP contribution in [-0.4, -0.2) is 60.9 Å². The van der Waals surface area contributed by atoms with E-state index in [-0.39, 0.29) is 18.8 Å². The highest BCUT2D eigenvalue weighted by molar-refractivity contribution is 5.85. The monoisotopic (exact) mass is 292 g/mol. The minimum Gasteiger partial charge on any atom is -0.481 e. The Morgan fingerprint density at radius 2 is 2.05 bits per heavy atom. The van der Waals surface area contributed by atoms with Crippen LogP contribution in [0, 0.1) is 0 Å². The molecular formula is C13H25ClN2O3. The van der Waals surface area contributed by atoms with Gasteiger partial charge < -0.3 is 20.1 Å². The number of nitrogens with one attached hydrogen (secondary N) is 1. The molecule has 0 aliphatic carbocycles. The lowest BCUT2D eigenvalue weighted by Crippen LogP contribution is -2.45. The van der Waals surface area contributed by atoms with Gasteiger partial charge in [-0.05, 0) is 38.8 Å². The predicted octanol–water partition coefficient (Wildman–Crippen LogP) is 1.12. The number of carbonyl (C=O) groups is 1. The first kappa shape index (κ1) is 16.7. The van der Waals surface area contributed by atoms with E-state index in [0.717, 1.165) is 39.1 Å². The van der Waals surface area contributed by atoms with E-state index < -0.39 is 5.97 Å². The van der Waals surface area contributed by atoms with Crippen molar-refractivity contribution in [3.63, 3.8) is 0 Å². The Balaban J connectivity index is 0.00000180. The highest BCUT2D eigenvalue weighted by Crippen LogP contribution is 2.16. The van der Waals surface area contributed by atoms with Gasteiger partial charge in [0.1, 0.15) is 0 Å². The van der Waals surface area contributed by atoms with Gasteiger partial charge in [0.2, 0.25) is 0 Å². The minimum absolute atomic E-state index is 0. The first-order valence-corrected chi connectivity index (χ1v) is 7.03. The highest BCUT2D eigenvalue weighted by Gasteiger charge is 2.23. The lowest BCUT2D eigenvalue weighted by Gasteiger charge is -2.33. The number of halogens is 1. The zero-order chi connectivity index (χ0) is 12.8. The van der Waals surface area contributed by atoms with Crippen LogP contribution in [0.3, 0.4) is 0 Å². The maximum Gasteiger partial charge on any atom is 0.304 e. The summed E-state index contributed by atoms with van der Waals surface area (Å²) in [5.41, 5.74) is 0. The van der Waals surface area contributed by atoms with Crippen LogP contribution >= 0.6 is 12.4 Å². The van der Waals surface area contributed by atoms with E-state index in [1.54, 1.807) is 0 Å². The van der Waals surface area contributed by atoms with Gasteiger partial charge >= 0.3 is 5.97 Å². The van der Waals surface area contributed by atoms with Crippen molar-refractivity contribution in [2.75, 3.05) is 32.8 Å². The second-order valence-electron chi connectivity index (χ2n) is 5.31. The molecular weight excluding hydrogens is 268 g/mol. The van der Waals surface area contributed by atoms with Crippen LogP contribution in [0.15, 0.2) is 0 Å². The zero-order valence-corrected chi connectivity index (χ0v) is 12.2. The summed E-state index contributed by atoms with van der Waals surface area (Å²) in [6.07, 6.45) is 5.31. The average Bonchev–Trinajstić information content (AvgIpc) is 2.84. The fourth-order valence-electron chi connectivity index (χ4n) is 2.78. The number of carboxylic acid groups (broad SMARTS) is 1. The van der Waals surface area contributed by atoms with Crippen LogP contribution in [0.25, 0.3) is 0 Å². The second kappa shape index (κ2) is 8.74. The molecule has 5 nitrogen and oxygen atoms in total. The van der Waals surface area contributed by atoms with Gasteiger partial charge in [0, 0.05) is 25.7 Å². The molecule has 2 aliphatic rings. The summed E-state index contributed by atoms with van der Waals surface area (Å²) in [7, 11) is 0. The first-order chi connectivity index (χ1) is 8.74. The van der Waals surface area contributed by atoms with Gasteiger partial charge in [-0.25, -0.2) is 0 Å². The summed E-state index contributed by atoms with van der Waals surface area (Å²) in [4.78, 5) is 12.9. The Morgan fingerprint density at radius 3 is 2.63 bits per heavy atom. The Kier molecular flexibility index (Phi) is 7.68. The summed E-state index contributed by atoms with van der Waals surface area (Å²) < 4.78 is 5.65. The number of rotatable bonds is 6. The Hall–Kier alpha value is -0.360. The number of piperidine rings is 1. The number of hydrogen-bond donors (Lipinski definition) is 2. The summed E-state index contributed by atoms with van der Waals surface area (Å²) in [5, 5.41) is 11.9. The Morgan fingerprint density at radius 1 is 1.32 bits per heavy atom. The molecule has 2 heterocycles. The van der Waals surface area contributed by atoms with Crippen LogP contribution in [0.4, 0.5) is 0 Å². The summed E-state index contributed by atoms with van der Waals surface area (Å²) >= 11 is 0. The topological polar surface area (TPSA) is 61.8 Å². The molecule has 1 unspecified atom stereocenters. The molecule has 0 aromatic carbocycles. The molecule has 1 atom stereocenters. The predicted molar refractivity (Wildman–Crippen MR) is 75.9 cm³/mol. The van der Waals surface area contributed by atoms with Gasteiger partial charge in [-0.15, -0.1) is 12.4 Å². The van der Waals surface area contributed by atoms with Crippen LogP contribution in [0.2, 0.25) is 0 Å². The van der Waals surface area contributed by atoms with Crippen LogP contribution in [-0.2, 0) is 9.53 Å². The van der Waals surface area contributed by atoms with E-state index in [1.165, 1.54) is 12.8 Å². The van der Waals surface area contributed by atoms with Gasteiger partial charge in [-0.2, -0.15) is 0 Å². The molecule has 0 spiro atoms. The van der Waals surface area contributed by atoms with Gasteiger partial charge in [0.15, 0.2) is 0 Å². The molecule has 0 radical (unpaired) electrons. The number of likely N-dealkylation sites (tertiary alicyclic amines) is 1. The molecule has 0 aromatic rings. The molecule has 0 amide bonds. The number of ether oxygens (including phenoxy) is 1. The maximum atomic E-state index is 10.4. The normalized spacial score (nSPS) is 25.2. The molecule has 0 bridgehead atoms. The standard InChI is InChI=1S/C13H24N2O3.ClH/c16-13(17)3-6-14-11-4-7-15(8-5-11)10-12-2-1-9-18-12;/h11-12,14H,1-10H2,(H,16,17);1H. The van der Waals surface area contributed by atoms with E-state index in [0.29, 0.717) is 18.7 Å². The number of nitrogens with zero attached hydrogens (tertiary/aromatic N) is 1. The number of carboxylic acids is 1. The molecule has 2 saturated heterocycles. The van der Waals surface area contributed by atoms with Crippen molar-refractivity contribution in [3.8, 4) is 0 Å². The number of aliphatic carboxylic acids is 1. The van der Waals surface area contributed by atoms with Crippen molar-refractivity contribution in [1.82, 2.24) is 10.2 Å². The molecule has 112 valence electrons. The quantitative estimate of drug-likeness (QED) is 0.768. The van der Waals surface area contributed by atoms with E-state index in [2.05, 4.69) is 10.2 Å². The van der Waals surface area contributed by atoms with Crippen LogP contribution in [0.1, 0.15) is 32.1 Å². The third-order valence-electron chi connectivity index (χ3n) is 3.85. The molecule has 0 aromatic heterocycles. The fraction of sp³-hybridized carbons (Fsp3) is 0.923. The molecule has 19 heavy (non-hydrogen) atoms. The Bertz CT molecular complexity index is 265. The van der Waals surface area contributed by atoms with Crippen LogP contribution in [0.5, 0.6) is 0 Å². The maximum absolute atomic E-state index is 10.4. The molecule has 0 saturated carbocycles. The molecule has 2 N–H and O–H groups in total. The van der Waals surface area contributed by atoms with Crippen molar-refractivity contribution in [2.45, 2.75) is 44.2 Å². The van der Waals surface area contributed by atoms with E-state index in [4.69, 9.17) is 9.84 Å². The van der Waals surface area contributed by atoms with Gasteiger partial charge in [-0.1, -0.05) is 0 Å². The molecule has 6 heteroatoms. The number of hydrogen-bond acceptors (Lipinski definition) is 4. The summed E-state index contributed by atoms with van der Waals surface area (Å²) in [6, 6.07) is 0.491. The largest absolute Gasteiger partial charge is 0.481 e. The lowest BCUT2D eigenvalue weighted by molar-refractivity contribution is -0.136. The third kappa shape index (κ3) is 6.08. The lowest BCUT2D eigenvalue weighted by atomic mass is 10.0. The van der Waals surface area contributed by atoms with Crippen molar-refractivity contribution >= 4 is 18.4 Å².